The molecule has 1 aliphatic rings. The minimum atomic E-state index is -0.182. The summed E-state index contributed by atoms with van der Waals surface area (Å²) in [5, 5.41) is 4.21. The summed E-state index contributed by atoms with van der Waals surface area (Å²) < 4.78 is 13.3. The van der Waals surface area contributed by atoms with Gasteiger partial charge in [0.15, 0.2) is 0 Å². The van der Waals surface area contributed by atoms with Gasteiger partial charge >= 0.3 is 0 Å². The fraction of sp³-hybridized carbons (Fsp3) is 0.364. The van der Waals surface area contributed by atoms with Gasteiger partial charge in [-0.15, -0.1) is 0 Å². The minimum absolute atomic E-state index is 0.0800. The van der Waals surface area contributed by atoms with Crippen molar-refractivity contribution in [2.24, 2.45) is 0 Å². The largest absolute Gasteiger partial charge is 0.371 e. The summed E-state index contributed by atoms with van der Waals surface area (Å²) in [7, 11) is 0. The van der Waals surface area contributed by atoms with Gasteiger partial charge in [0.25, 0.3) is 5.56 Å². The zero-order valence-corrected chi connectivity index (χ0v) is 16.0. The lowest BCUT2D eigenvalue weighted by atomic mass is 10.0. The Bertz CT molecular complexity index is 1020. The number of para-hydroxylation sites is 1. The summed E-state index contributed by atoms with van der Waals surface area (Å²) >= 11 is 0. The molecular weight excluding hydrogens is 355 g/mol. The third-order valence-corrected chi connectivity index (χ3v) is 5.45. The SMILES string of the molecule is Cc1cc(F)ccc1N1CCC(NCCc2nc3ccccc3c(=O)[nH]2)CC1. The summed E-state index contributed by atoms with van der Waals surface area (Å²) in [6.07, 6.45) is 2.77. The average molecular weight is 380 g/mol. The number of hydrogen-bond donors (Lipinski definition) is 2. The molecule has 0 bridgehead atoms. The third-order valence-electron chi connectivity index (χ3n) is 5.45. The first-order valence-corrected chi connectivity index (χ1v) is 9.82. The van der Waals surface area contributed by atoms with Crippen LogP contribution in [0.25, 0.3) is 10.9 Å². The number of aryl methyl sites for hydroxylation is 1. The van der Waals surface area contributed by atoms with Gasteiger partial charge in [-0.1, -0.05) is 12.1 Å². The zero-order valence-electron chi connectivity index (χ0n) is 16.0. The standard InChI is InChI=1S/C22H25FN4O/c1-15-14-16(23)6-7-20(15)27-12-9-17(10-13-27)24-11-8-21-25-19-5-3-2-4-18(19)22(28)26-21/h2-7,14,17,24H,8-13H2,1H3,(H,25,26,28). The maximum Gasteiger partial charge on any atom is 0.258 e. The predicted octanol–water partition coefficient (Wildman–Crippen LogP) is 3.17. The van der Waals surface area contributed by atoms with Crippen LogP contribution < -0.4 is 15.8 Å². The smallest absolute Gasteiger partial charge is 0.258 e. The van der Waals surface area contributed by atoms with E-state index in [1.54, 1.807) is 12.1 Å². The molecular formula is C22H25FN4O. The molecule has 146 valence electrons. The van der Waals surface area contributed by atoms with E-state index in [9.17, 15) is 9.18 Å². The van der Waals surface area contributed by atoms with E-state index in [2.05, 4.69) is 20.2 Å². The lowest BCUT2D eigenvalue weighted by molar-refractivity contribution is 0.416. The molecule has 0 saturated carbocycles. The molecule has 2 heterocycles. The number of fused-ring (bicyclic) bond motifs is 1. The van der Waals surface area contributed by atoms with Crippen LogP contribution >= 0.6 is 0 Å². The second-order valence-electron chi connectivity index (χ2n) is 7.43. The first-order chi connectivity index (χ1) is 13.6. The van der Waals surface area contributed by atoms with Crippen LogP contribution in [0.2, 0.25) is 0 Å². The number of nitrogens with one attached hydrogen (secondary N) is 2. The van der Waals surface area contributed by atoms with E-state index in [0.29, 0.717) is 17.8 Å². The van der Waals surface area contributed by atoms with E-state index in [4.69, 9.17) is 0 Å². The second-order valence-corrected chi connectivity index (χ2v) is 7.43. The molecule has 0 radical (unpaired) electrons. The normalized spacial score (nSPS) is 15.3. The summed E-state index contributed by atoms with van der Waals surface area (Å²) in [6.45, 7) is 4.64. The minimum Gasteiger partial charge on any atom is -0.371 e. The van der Waals surface area contributed by atoms with E-state index in [0.717, 1.165) is 55.1 Å². The maximum absolute atomic E-state index is 13.3. The molecule has 1 aromatic heterocycles. The van der Waals surface area contributed by atoms with Crippen molar-refractivity contribution in [2.75, 3.05) is 24.5 Å². The molecule has 2 N–H and O–H groups in total. The molecule has 3 aromatic rings. The molecule has 28 heavy (non-hydrogen) atoms. The second kappa shape index (κ2) is 8.10. The van der Waals surface area contributed by atoms with Gasteiger partial charge in [-0.05, 0) is 55.7 Å². The zero-order chi connectivity index (χ0) is 19.5. The lowest BCUT2D eigenvalue weighted by Gasteiger charge is -2.35. The molecule has 1 saturated heterocycles. The van der Waals surface area contributed by atoms with Gasteiger partial charge in [-0.2, -0.15) is 0 Å². The van der Waals surface area contributed by atoms with Gasteiger partial charge in [0.05, 0.1) is 10.9 Å². The molecule has 1 aliphatic heterocycles. The Morgan fingerprint density at radius 3 is 2.79 bits per heavy atom. The summed E-state index contributed by atoms with van der Waals surface area (Å²) in [6, 6.07) is 12.9. The molecule has 0 amide bonds. The molecule has 4 rings (SSSR count). The molecule has 5 nitrogen and oxygen atoms in total. The van der Waals surface area contributed by atoms with Gasteiger partial charge in [-0.25, -0.2) is 9.37 Å². The van der Waals surface area contributed by atoms with Gasteiger partial charge < -0.3 is 15.2 Å². The highest BCUT2D eigenvalue weighted by molar-refractivity contribution is 5.77. The molecule has 0 atom stereocenters. The number of rotatable bonds is 5. The van der Waals surface area contributed by atoms with Crippen molar-refractivity contribution in [3.8, 4) is 0 Å². The van der Waals surface area contributed by atoms with E-state index >= 15 is 0 Å². The quantitative estimate of drug-likeness (QED) is 0.714. The van der Waals surface area contributed by atoms with Crippen molar-refractivity contribution in [3.63, 3.8) is 0 Å². The summed E-state index contributed by atoms with van der Waals surface area (Å²) in [5.41, 5.74) is 2.77. The number of halogens is 1. The van der Waals surface area contributed by atoms with Crippen LogP contribution in [-0.4, -0.2) is 35.6 Å². The number of hydrogen-bond acceptors (Lipinski definition) is 4. The van der Waals surface area contributed by atoms with Crippen LogP contribution in [0, 0.1) is 12.7 Å². The van der Waals surface area contributed by atoms with E-state index in [1.807, 2.05) is 31.2 Å². The summed E-state index contributed by atoms with van der Waals surface area (Å²) in [5.74, 6) is 0.536. The number of piperidine rings is 1. The number of anilines is 1. The van der Waals surface area contributed by atoms with Crippen molar-refractivity contribution in [1.29, 1.82) is 0 Å². The predicted molar refractivity (Wildman–Crippen MR) is 110 cm³/mol. The van der Waals surface area contributed by atoms with Crippen molar-refractivity contribution in [3.05, 3.63) is 70.0 Å². The van der Waals surface area contributed by atoms with Crippen LogP contribution in [0.4, 0.5) is 10.1 Å². The molecule has 0 unspecified atom stereocenters. The van der Waals surface area contributed by atoms with Crippen LogP contribution in [0.3, 0.4) is 0 Å². The highest BCUT2D eigenvalue weighted by atomic mass is 19.1. The van der Waals surface area contributed by atoms with Crippen molar-refractivity contribution < 1.29 is 4.39 Å². The molecule has 0 spiro atoms. The van der Waals surface area contributed by atoms with Crippen LogP contribution in [0.5, 0.6) is 0 Å². The molecule has 0 aliphatic carbocycles. The first kappa shape index (κ1) is 18.6. The van der Waals surface area contributed by atoms with Gasteiger partial charge in [0.2, 0.25) is 0 Å². The molecule has 2 aromatic carbocycles. The summed E-state index contributed by atoms with van der Waals surface area (Å²) in [4.78, 5) is 21.9. The molecule has 6 heteroatoms. The Hall–Kier alpha value is -2.73. The van der Waals surface area contributed by atoms with Gasteiger partial charge in [0, 0.05) is 37.8 Å². The Morgan fingerprint density at radius 1 is 1.21 bits per heavy atom. The Kier molecular flexibility index (Phi) is 5.39. The van der Waals surface area contributed by atoms with Crippen molar-refractivity contribution in [1.82, 2.24) is 15.3 Å². The van der Waals surface area contributed by atoms with Crippen molar-refractivity contribution in [2.45, 2.75) is 32.2 Å². The van der Waals surface area contributed by atoms with E-state index < -0.39 is 0 Å². The number of aromatic nitrogens is 2. The van der Waals surface area contributed by atoms with Crippen molar-refractivity contribution >= 4 is 16.6 Å². The highest BCUT2D eigenvalue weighted by Gasteiger charge is 2.20. The third kappa shape index (κ3) is 4.07. The molecule has 1 fully saturated rings. The van der Waals surface area contributed by atoms with Crippen LogP contribution in [-0.2, 0) is 6.42 Å². The Balaban J connectivity index is 1.29. The fourth-order valence-electron chi connectivity index (χ4n) is 3.95. The topological polar surface area (TPSA) is 61.0 Å². The van der Waals surface area contributed by atoms with Crippen LogP contribution in [0.1, 0.15) is 24.2 Å². The first-order valence-electron chi connectivity index (χ1n) is 9.82. The number of H-pyrrole nitrogens is 1. The van der Waals surface area contributed by atoms with E-state index in [-0.39, 0.29) is 11.4 Å². The average Bonchev–Trinajstić information content (AvgIpc) is 2.69. The fourth-order valence-corrected chi connectivity index (χ4v) is 3.95. The van der Waals surface area contributed by atoms with Crippen LogP contribution in [0.15, 0.2) is 47.3 Å². The highest BCUT2D eigenvalue weighted by Crippen LogP contribution is 2.24. The number of nitrogens with zero attached hydrogens (tertiary/aromatic N) is 2. The Labute approximate surface area is 163 Å². The number of benzene rings is 2. The lowest BCUT2D eigenvalue weighted by Crippen LogP contribution is -2.43. The number of aromatic amines is 1. The van der Waals surface area contributed by atoms with Gasteiger partial charge in [0.1, 0.15) is 11.6 Å². The monoisotopic (exact) mass is 380 g/mol. The van der Waals surface area contributed by atoms with E-state index in [1.165, 1.54) is 6.07 Å². The Morgan fingerprint density at radius 2 is 2.00 bits per heavy atom. The maximum atomic E-state index is 13.3. The van der Waals surface area contributed by atoms with Gasteiger partial charge in [-0.3, -0.25) is 4.79 Å².